The van der Waals surface area contributed by atoms with E-state index in [4.69, 9.17) is 0 Å². The molecule has 7 heteroatoms. The number of urea groups is 1. The molecule has 0 saturated carbocycles. The van der Waals surface area contributed by atoms with Gasteiger partial charge in [-0.3, -0.25) is 14.5 Å². The van der Waals surface area contributed by atoms with Gasteiger partial charge in [-0.05, 0) is 24.5 Å². The van der Waals surface area contributed by atoms with E-state index in [-0.39, 0.29) is 24.4 Å². The molecule has 1 aromatic carbocycles. The number of nitrogens with zero attached hydrogens (tertiary/aromatic N) is 1. The number of aromatic nitrogens is 1. The number of aromatic amines is 1. The van der Waals surface area contributed by atoms with Gasteiger partial charge in [0.1, 0.15) is 12.6 Å². The Balaban J connectivity index is 1.66. The van der Waals surface area contributed by atoms with E-state index in [0.717, 1.165) is 34.2 Å². The highest BCUT2D eigenvalue weighted by molar-refractivity contribution is 6.06. The van der Waals surface area contributed by atoms with Crippen LogP contribution >= 0.6 is 0 Å². The number of fused-ring (bicyclic) bond motifs is 1. The zero-order chi connectivity index (χ0) is 18.7. The molecule has 0 unspecified atom stereocenters. The Morgan fingerprint density at radius 2 is 1.96 bits per heavy atom. The lowest BCUT2D eigenvalue weighted by molar-refractivity contribution is -0.132. The van der Waals surface area contributed by atoms with Crippen molar-refractivity contribution in [2.24, 2.45) is 0 Å². The highest BCUT2D eigenvalue weighted by Crippen LogP contribution is 2.21. The van der Waals surface area contributed by atoms with E-state index < -0.39 is 12.1 Å². The van der Waals surface area contributed by atoms with Crippen molar-refractivity contribution in [3.8, 4) is 0 Å². The summed E-state index contributed by atoms with van der Waals surface area (Å²) in [5.41, 5.74) is 1.95. The van der Waals surface area contributed by atoms with Crippen LogP contribution in [0.25, 0.3) is 10.9 Å². The van der Waals surface area contributed by atoms with Gasteiger partial charge in [0, 0.05) is 29.6 Å². The number of hydrogen-bond donors (Lipinski definition) is 3. The van der Waals surface area contributed by atoms with Gasteiger partial charge in [-0.25, -0.2) is 4.79 Å². The molecule has 1 aliphatic rings. The molecule has 2 aromatic rings. The lowest BCUT2D eigenvalue weighted by Gasteiger charge is -2.17. The third-order valence-corrected chi connectivity index (χ3v) is 4.86. The van der Waals surface area contributed by atoms with Crippen LogP contribution in [-0.4, -0.2) is 46.4 Å². The molecule has 1 aliphatic heterocycles. The molecule has 1 saturated heterocycles. The summed E-state index contributed by atoms with van der Waals surface area (Å²) in [4.78, 5) is 41.0. The van der Waals surface area contributed by atoms with Crippen LogP contribution in [0.1, 0.15) is 32.3 Å². The first-order chi connectivity index (χ1) is 12.5. The first-order valence-electron chi connectivity index (χ1n) is 8.99. The number of benzene rings is 1. The minimum absolute atomic E-state index is 0.0604. The summed E-state index contributed by atoms with van der Waals surface area (Å²) < 4.78 is 0. The lowest BCUT2D eigenvalue weighted by Crippen LogP contribution is -2.44. The Hall–Kier alpha value is -2.83. The SMILES string of the molecule is CCC(CC)NC(=O)CN1C(=O)N[C@H](Cc2c[nH]c3ccccc23)C1=O. The van der Waals surface area contributed by atoms with Crippen LogP contribution in [0.2, 0.25) is 0 Å². The van der Waals surface area contributed by atoms with E-state index in [0.29, 0.717) is 6.42 Å². The smallest absolute Gasteiger partial charge is 0.325 e. The molecule has 1 fully saturated rings. The largest absolute Gasteiger partial charge is 0.361 e. The molecular formula is C19H24N4O3. The van der Waals surface area contributed by atoms with Crippen molar-refractivity contribution in [3.63, 3.8) is 0 Å². The molecule has 3 rings (SSSR count). The molecule has 138 valence electrons. The molecule has 4 amide bonds. The fraction of sp³-hybridized carbons (Fsp3) is 0.421. The van der Waals surface area contributed by atoms with E-state index >= 15 is 0 Å². The first kappa shape index (κ1) is 18.0. The molecule has 2 heterocycles. The molecule has 1 aromatic heterocycles. The lowest BCUT2D eigenvalue weighted by atomic mass is 10.1. The minimum atomic E-state index is -0.650. The summed E-state index contributed by atoms with van der Waals surface area (Å²) in [6.07, 6.45) is 3.86. The summed E-state index contributed by atoms with van der Waals surface area (Å²) in [7, 11) is 0. The van der Waals surface area contributed by atoms with Crippen LogP contribution in [0.15, 0.2) is 30.5 Å². The van der Waals surface area contributed by atoms with Crippen molar-refractivity contribution in [1.82, 2.24) is 20.5 Å². The van der Waals surface area contributed by atoms with Crippen molar-refractivity contribution >= 4 is 28.7 Å². The van der Waals surface area contributed by atoms with Gasteiger partial charge < -0.3 is 15.6 Å². The molecule has 1 atom stereocenters. The van der Waals surface area contributed by atoms with Crippen molar-refractivity contribution < 1.29 is 14.4 Å². The zero-order valence-electron chi connectivity index (χ0n) is 15.0. The summed E-state index contributed by atoms with van der Waals surface area (Å²) in [6.45, 7) is 3.73. The van der Waals surface area contributed by atoms with E-state index in [1.165, 1.54) is 0 Å². The van der Waals surface area contributed by atoms with Gasteiger partial charge in [-0.2, -0.15) is 0 Å². The fourth-order valence-corrected chi connectivity index (χ4v) is 3.30. The van der Waals surface area contributed by atoms with E-state index in [9.17, 15) is 14.4 Å². The maximum Gasteiger partial charge on any atom is 0.325 e. The number of carbonyl (C=O) groups excluding carboxylic acids is 3. The molecular weight excluding hydrogens is 332 g/mol. The van der Waals surface area contributed by atoms with E-state index in [1.54, 1.807) is 0 Å². The summed E-state index contributed by atoms with van der Waals surface area (Å²) in [6, 6.07) is 6.70. The van der Waals surface area contributed by atoms with Crippen molar-refractivity contribution in [1.29, 1.82) is 0 Å². The second kappa shape index (κ2) is 7.59. The predicted octanol–water partition coefficient (Wildman–Crippen LogP) is 1.94. The van der Waals surface area contributed by atoms with Crippen LogP contribution < -0.4 is 10.6 Å². The second-order valence-corrected chi connectivity index (χ2v) is 6.57. The number of amides is 4. The second-order valence-electron chi connectivity index (χ2n) is 6.57. The molecule has 0 radical (unpaired) electrons. The topological polar surface area (TPSA) is 94.3 Å². The number of H-pyrrole nitrogens is 1. The van der Waals surface area contributed by atoms with E-state index in [1.807, 2.05) is 44.3 Å². The Labute approximate surface area is 152 Å². The van der Waals surface area contributed by atoms with E-state index in [2.05, 4.69) is 15.6 Å². The standard InChI is InChI=1S/C19H24N4O3/c1-3-13(4-2)21-17(24)11-23-18(25)16(22-19(23)26)9-12-10-20-15-8-6-5-7-14(12)15/h5-8,10,13,16,20H,3-4,9,11H2,1-2H3,(H,21,24)(H,22,26)/t16-/m1/s1. The van der Waals surface area contributed by atoms with Gasteiger partial charge in [0.15, 0.2) is 0 Å². The van der Waals surface area contributed by atoms with Gasteiger partial charge in [-0.1, -0.05) is 32.0 Å². The average Bonchev–Trinajstić information content (AvgIpc) is 3.16. The maximum absolute atomic E-state index is 12.6. The van der Waals surface area contributed by atoms with Crippen LogP contribution in [0, 0.1) is 0 Å². The molecule has 7 nitrogen and oxygen atoms in total. The summed E-state index contributed by atoms with van der Waals surface area (Å²) in [5.74, 6) is -0.671. The molecule has 26 heavy (non-hydrogen) atoms. The van der Waals surface area contributed by atoms with Crippen molar-refractivity contribution in [3.05, 3.63) is 36.0 Å². The predicted molar refractivity (Wildman–Crippen MR) is 98.5 cm³/mol. The number of rotatable bonds is 7. The van der Waals surface area contributed by atoms with Crippen LogP contribution in [0.3, 0.4) is 0 Å². The Morgan fingerprint density at radius 3 is 2.69 bits per heavy atom. The number of nitrogens with one attached hydrogen (secondary N) is 3. The number of carbonyl (C=O) groups is 3. The third kappa shape index (κ3) is 3.56. The minimum Gasteiger partial charge on any atom is -0.361 e. The van der Waals surface area contributed by atoms with Crippen LogP contribution in [0.4, 0.5) is 4.79 Å². The number of imide groups is 1. The molecule has 0 aliphatic carbocycles. The third-order valence-electron chi connectivity index (χ3n) is 4.86. The molecule has 0 spiro atoms. The Kier molecular flexibility index (Phi) is 5.25. The Morgan fingerprint density at radius 1 is 1.23 bits per heavy atom. The molecule has 3 N–H and O–H groups in total. The Bertz CT molecular complexity index is 825. The average molecular weight is 356 g/mol. The van der Waals surface area contributed by atoms with Gasteiger partial charge in [-0.15, -0.1) is 0 Å². The highest BCUT2D eigenvalue weighted by Gasteiger charge is 2.39. The summed E-state index contributed by atoms with van der Waals surface area (Å²) in [5, 5.41) is 6.57. The monoisotopic (exact) mass is 356 g/mol. The van der Waals surface area contributed by atoms with Crippen LogP contribution in [0.5, 0.6) is 0 Å². The first-order valence-corrected chi connectivity index (χ1v) is 8.99. The van der Waals surface area contributed by atoms with Crippen molar-refractivity contribution in [2.75, 3.05) is 6.54 Å². The van der Waals surface area contributed by atoms with Gasteiger partial charge in [0.05, 0.1) is 0 Å². The maximum atomic E-state index is 12.6. The molecule has 0 bridgehead atoms. The van der Waals surface area contributed by atoms with Gasteiger partial charge in [0.2, 0.25) is 5.91 Å². The zero-order valence-corrected chi connectivity index (χ0v) is 15.0. The van der Waals surface area contributed by atoms with Crippen LogP contribution in [-0.2, 0) is 16.0 Å². The number of para-hydroxylation sites is 1. The van der Waals surface area contributed by atoms with Gasteiger partial charge >= 0.3 is 6.03 Å². The number of hydrogen-bond acceptors (Lipinski definition) is 3. The van der Waals surface area contributed by atoms with Gasteiger partial charge in [0.25, 0.3) is 5.91 Å². The quantitative estimate of drug-likeness (QED) is 0.662. The fourth-order valence-electron chi connectivity index (χ4n) is 3.30. The van der Waals surface area contributed by atoms with Crippen molar-refractivity contribution in [2.45, 2.75) is 45.2 Å². The normalized spacial score (nSPS) is 17.2. The summed E-state index contributed by atoms with van der Waals surface area (Å²) >= 11 is 0. The highest BCUT2D eigenvalue weighted by atomic mass is 16.2.